The van der Waals surface area contributed by atoms with Crippen molar-refractivity contribution in [1.29, 1.82) is 0 Å². The Morgan fingerprint density at radius 3 is 1.73 bits per heavy atom. The Kier molecular flexibility index (Phi) is 6.11. The molecule has 0 bridgehead atoms. The van der Waals surface area contributed by atoms with E-state index in [4.69, 9.17) is 24.7 Å². The summed E-state index contributed by atoms with van der Waals surface area (Å²) in [6, 6.07) is 10.8. The van der Waals surface area contributed by atoms with Gasteiger partial charge in [-0.15, -0.1) is 0 Å². The molecule has 0 heterocycles. The first-order valence-corrected chi connectivity index (χ1v) is 7.92. The number of carbonyl (C=O) groups is 1. The van der Waals surface area contributed by atoms with Gasteiger partial charge in [-0.2, -0.15) is 0 Å². The number of ether oxygens (including phenoxy) is 4. The van der Waals surface area contributed by atoms with Crippen molar-refractivity contribution in [2.45, 2.75) is 6.92 Å². The average Bonchev–Trinajstić information content (AvgIpc) is 2.66. The van der Waals surface area contributed by atoms with Crippen LogP contribution in [0, 0.1) is 0 Å². The van der Waals surface area contributed by atoms with E-state index in [1.54, 1.807) is 19.2 Å². The number of primary amides is 1. The Morgan fingerprint density at radius 1 is 0.808 bits per heavy atom. The minimum Gasteiger partial charge on any atom is -0.497 e. The molecule has 0 saturated carbocycles. The van der Waals surface area contributed by atoms with Gasteiger partial charge in [0.15, 0.2) is 11.5 Å². The maximum Gasteiger partial charge on any atom is 0.249 e. The normalized spacial score (nSPS) is 11.4. The number of hydrogen-bond acceptors (Lipinski definition) is 5. The fourth-order valence-electron chi connectivity index (χ4n) is 2.75. The van der Waals surface area contributed by atoms with Crippen molar-refractivity contribution in [3.05, 3.63) is 47.5 Å². The summed E-state index contributed by atoms with van der Waals surface area (Å²) < 4.78 is 21.2. The fourth-order valence-corrected chi connectivity index (χ4v) is 2.75. The molecule has 0 aliphatic heterocycles. The van der Waals surface area contributed by atoms with Gasteiger partial charge >= 0.3 is 0 Å². The van der Waals surface area contributed by atoms with Crippen molar-refractivity contribution in [1.82, 2.24) is 0 Å². The van der Waals surface area contributed by atoms with Crippen LogP contribution >= 0.6 is 0 Å². The van der Waals surface area contributed by atoms with E-state index in [0.29, 0.717) is 28.4 Å². The van der Waals surface area contributed by atoms with Gasteiger partial charge in [-0.1, -0.05) is 12.1 Å². The van der Waals surface area contributed by atoms with Gasteiger partial charge in [-0.05, 0) is 47.9 Å². The Morgan fingerprint density at radius 2 is 1.35 bits per heavy atom. The number of allylic oxidation sites excluding steroid dienone is 1. The minimum absolute atomic E-state index is 0.370. The van der Waals surface area contributed by atoms with E-state index in [-0.39, 0.29) is 0 Å². The molecule has 0 unspecified atom stereocenters. The van der Waals surface area contributed by atoms with Crippen molar-refractivity contribution in [3.63, 3.8) is 0 Å². The van der Waals surface area contributed by atoms with Crippen LogP contribution in [-0.4, -0.2) is 34.3 Å². The predicted molar refractivity (Wildman–Crippen MR) is 101 cm³/mol. The van der Waals surface area contributed by atoms with Crippen LogP contribution in [0.3, 0.4) is 0 Å². The Bertz CT molecular complexity index is 800. The minimum atomic E-state index is -0.549. The third kappa shape index (κ3) is 3.74. The monoisotopic (exact) mass is 357 g/mol. The lowest BCUT2D eigenvalue weighted by atomic mass is 9.94. The van der Waals surface area contributed by atoms with Gasteiger partial charge in [-0.25, -0.2) is 0 Å². The third-order valence-corrected chi connectivity index (χ3v) is 4.10. The van der Waals surface area contributed by atoms with Crippen LogP contribution < -0.4 is 24.7 Å². The van der Waals surface area contributed by atoms with Crippen molar-refractivity contribution in [3.8, 4) is 23.0 Å². The zero-order valence-corrected chi connectivity index (χ0v) is 15.6. The van der Waals surface area contributed by atoms with Crippen LogP contribution in [0.5, 0.6) is 23.0 Å². The molecular formula is C20H23NO5. The molecule has 0 atom stereocenters. The van der Waals surface area contributed by atoms with Gasteiger partial charge in [-0.3, -0.25) is 4.79 Å². The van der Waals surface area contributed by atoms with E-state index in [0.717, 1.165) is 16.9 Å². The second-order valence-electron chi connectivity index (χ2n) is 5.51. The number of nitrogens with two attached hydrogens (primary N) is 1. The Labute approximate surface area is 153 Å². The van der Waals surface area contributed by atoms with E-state index in [2.05, 4.69) is 0 Å². The number of rotatable bonds is 7. The molecule has 1 amide bonds. The van der Waals surface area contributed by atoms with Crippen LogP contribution in [0.1, 0.15) is 18.1 Å². The van der Waals surface area contributed by atoms with Gasteiger partial charge < -0.3 is 24.7 Å². The van der Waals surface area contributed by atoms with Crippen molar-refractivity contribution < 1.29 is 23.7 Å². The van der Waals surface area contributed by atoms with Gasteiger partial charge in [0, 0.05) is 0 Å². The SMILES string of the molecule is COc1ccc(C(C)=C(C(N)=O)c2cc(OC)c(OC)c(OC)c2)cc1. The first-order valence-electron chi connectivity index (χ1n) is 7.92. The molecule has 26 heavy (non-hydrogen) atoms. The van der Waals surface area contributed by atoms with Crippen LogP contribution in [0.2, 0.25) is 0 Å². The molecule has 2 rings (SSSR count). The predicted octanol–water partition coefficient (Wildman–Crippen LogP) is 3.14. The third-order valence-electron chi connectivity index (χ3n) is 4.10. The quantitative estimate of drug-likeness (QED) is 0.608. The number of methoxy groups -OCH3 is 4. The molecule has 2 N–H and O–H groups in total. The number of amides is 1. The molecule has 6 heteroatoms. The molecule has 0 fully saturated rings. The molecule has 0 aliphatic rings. The first kappa shape index (κ1) is 19.2. The Hall–Kier alpha value is -3.15. The number of hydrogen-bond donors (Lipinski definition) is 1. The van der Waals surface area contributed by atoms with Crippen molar-refractivity contribution in [2.24, 2.45) is 5.73 Å². The van der Waals surface area contributed by atoms with Gasteiger partial charge in [0.2, 0.25) is 11.7 Å². The summed E-state index contributed by atoms with van der Waals surface area (Å²) in [5, 5.41) is 0. The van der Waals surface area contributed by atoms with Crippen molar-refractivity contribution >= 4 is 17.1 Å². The molecule has 2 aromatic carbocycles. The summed E-state index contributed by atoms with van der Waals surface area (Å²) in [5.41, 5.74) is 8.22. The second-order valence-corrected chi connectivity index (χ2v) is 5.51. The van der Waals surface area contributed by atoms with E-state index in [1.807, 2.05) is 31.2 Å². The highest BCUT2D eigenvalue weighted by atomic mass is 16.5. The molecule has 0 spiro atoms. The highest BCUT2D eigenvalue weighted by molar-refractivity contribution is 6.26. The van der Waals surface area contributed by atoms with Crippen LogP contribution in [0.4, 0.5) is 0 Å². The van der Waals surface area contributed by atoms with Crippen LogP contribution in [-0.2, 0) is 4.79 Å². The molecule has 6 nitrogen and oxygen atoms in total. The molecule has 0 saturated heterocycles. The average molecular weight is 357 g/mol. The maximum atomic E-state index is 12.2. The lowest BCUT2D eigenvalue weighted by Crippen LogP contribution is -2.14. The molecule has 2 aromatic rings. The lowest BCUT2D eigenvalue weighted by molar-refractivity contribution is -0.112. The summed E-state index contributed by atoms with van der Waals surface area (Å²) in [7, 11) is 6.16. The standard InChI is InChI=1S/C20H23NO5/c1-12(13-6-8-15(23-2)9-7-13)18(20(21)22)14-10-16(24-3)19(26-5)17(11-14)25-4/h6-11H,1-5H3,(H2,21,22). The highest BCUT2D eigenvalue weighted by Gasteiger charge is 2.20. The zero-order chi connectivity index (χ0) is 19.3. The second kappa shape index (κ2) is 8.29. The Balaban J connectivity index is 2.67. The number of benzene rings is 2. The summed E-state index contributed by atoms with van der Waals surface area (Å²) in [6.45, 7) is 1.84. The highest BCUT2D eigenvalue weighted by Crippen LogP contribution is 2.41. The number of carbonyl (C=O) groups excluding carboxylic acids is 1. The molecule has 0 aromatic heterocycles. The smallest absolute Gasteiger partial charge is 0.249 e. The van der Waals surface area contributed by atoms with Crippen LogP contribution in [0.25, 0.3) is 11.1 Å². The van der Waals surface area contributed by atoms with Crippen molar-refractivity contribution in [2.75, 3.05) is 28.4 Å². The summed E-state index contributed by atoms with van der Waals surface area (Å²) in [4.78, 5) is 12.2. The first-order chi connectivity index (χ1) is 12.5. The topological polar surface area (TPSA) is 80.0 Å². The van der Waals surface area contributed by atoms with E-state index >= 15 is 0 Å². The van der Waals surface area contributed by atoms with Gasteiger partial charge in [0.05, 0.1) is 34.0 Å². The molecule has 0 aliphatic carbocycles. The zero-order valence-electron chi connectivity index (χ0n) is 15.6. The van der Waals surface area contributed by atoms with E-state index in [1.165, 1.54) is 21.3 Å². The summed E-state index contributed by atoms with van der Waals surface area (Å²) in [6.07, 6.45) is 0. The van der Waals surface area contributed by atoms with Crippen LogP contribution in [0.15, 0.2) is 36.4 Å². The lowest BCUT2D eigenvalue weighted by Gasteiger charge is -2.16. The summed E-state index contributed by atoms with van der Waals surface area (Å²) >= 11 is 0. The van der Waals surface area contributed by atoms with Gasteiger partial charge in [0.1, 0.15) is 5.75 Å². The largest absolute Gasteiger partial charge is 0.497 e. The van der Waals surface area contributed by atoms with E-state index < -0.39 is 5.91 Å². The molecular weight excluding hydrogens is 334 g/mol. The fraction of sp³-hybridized carbons (Fsp3) is 0.250. The molecule has 138 valence electrons. The molecule has 0 radical (unpaired) electrons. The summed E-state index contributed by atoms with van der Waals surface area (Å²) in [5.74, 6) is 1.53. The van der Waals surface area contributed by atoms with E-state index in [9.17, 15) is 4.79 Å². The van der Waals surface area contributed by atoms with Gasteiger partial charge in [0.25, 0.3) is 0 Å². The maximum absolute atomic E-state index is 12.2.